The third-order valence-electron chi connectivity index (χ3n) is 2.61. The van der Waals surface area contributed by atoms with E-state index in [0.29, 0.717) is 0 Å². The number of hydrazine groups is 1. The van der Waals surface area contributed by atoms with Gasteiger partial charge in [-0.2, -0.15) is 0 Å². The highest BCUT2D eigenvalue weighted by Crippen LogP contribution is 2.12. The number of rotatable bonds is 7. The Morgan fingerprint density at radius 2 is 2.06 bits per heavy atom. The van der Waals surface area contributed by atoms with Gasteiger partial charge in [0.1, 0.15) is 5.82 Å². The zero-order valence-corrected chi connectivity index (χ0v) is 11.0. The summed E-state index contributed by atoms with van der Waals surface area (Å²) in [5.41, 5.74) is 3.76. The van der Waals surface area contributed by atoms with E-state index in [2.05, 4.69) is 41.4 Å². The normalized spacial score (nSPS) is 11.2. The van der Waals surface area contributed by atoms with Gasteiger partial charge in [-0.1, -0.05) is 6.07 Å². The van der Waals surface area contributed by atoms with Crippen molar-refractivity contribution in [1.82, 2.24) is 14.8 Å². The predicted molar refractivity (Wildman–Crippen MR) is 71.6 cm³/mol. The Hall–Kier alpha value is -1.17. The Bertz CT molecular complexity index is 326. The van der Waals surface area contributed by atoms with E-state index < -0.39 is 0 Å². The molecule has 5 heteroatoms. The van der Waals surface area contributed by atoms with Crippen molar-refractivity contribution in [2.45, 2.75) is 13.0 Å². The summed E-state index contributed by atoms with van der Waals surface area (Å²) in [7, 11) is 6.30. The van der Waals surface area contributed by atoms with Crippen LogP contribution in [0, 0.1) is 0 Å². The van der Waals surface area contributed by atoms with Crippen molar-refractivity contribution in [3.05, 3.63) is 23.9 Å². The van der Waals surface area contributed by atoms with Crippen LogP contribution in [0.2, 0.25) is 0 Å². The maximum Gasteiger partial charge on any atom is 0.144 e. The molecule has 0 atom stereocenters. The van der Waals surface area contributed by atoms with Crippen LogP contribution in [0.4, 0.5) is 5.82 Å². The van der Waals surface area contributed by atoms with Gasteiger partial charge in [0.2, 0.25) is 0 Å². The lowest BCUT2D eigenvalue weighted by molar-refractivity contribution is 0.294. The molecular formula is C12H23N5. The summed E-state index contributed by atoms with van der Waals surface area (Å²) in [6.07, 6.45) is 2.90. The summed E-state index contributed by atoms with van der Waals surface area (Å²) < 4.78 is 0. The number of nitrogens with zero attached hydrogens (tertiary/aromatic N) is 3. The van der Waals surface area contributed by atoms with E-state index in [-0.39, 0.29) is 0 Å². The summed E-state index contributed by atoms with van der Waals surface area (Å²) in [4.78, 5) is 8.67. The zero-order chi connectivity index (χ0) is 12.7. The highest BCUT2D eigenvalue weighted by Gasteiger charge is 2.05. The Kier molecular flexibility index (Phi) is 5.90. The first-order valence-electron chi connectivity index (χ1n) is 5.87. The molecule has 0 unspecified atom stereocenters. The third kappa shape index (κ3) is 5.12. The molecule has 0 radical (unpaired) electrons. The van der Waals surface area contributed by atoms with E-state index in [0.717, 1.165) is 37.4 Å². The van der Waals surface area contributed by atoms with Crippen molar-refractivity contribution >= 4 is 5.82 Å². The van der Waals surface area contributed by atoms with Gasteiger partial charge in [0, 0.05) is 18.3 Å². The maximum absolute atomic E-state index is 5.43. The highest BCUT2D eigenvalue weighted by molar-refractivity contribution is 5.42. The van der Waals surface area contributed by atoms with Crippen molar-refractivity contribution in [3.8, 4) is 0 Å². The van der Waals surface area contributed by atoms with Crippen LogP contribution in [-0.2, 0) is 6.54 Å². The average Bonchev–Trinajstić information content (AvgIpc) is 2.29. The summed E-state index contributed by atoms with van der Waals surface area (Å²) >= 11 is 0. The first-order chi connectivity index (χ1) is 8.13. The van der Waals surface area contributed by atoms with Crippen molar-refractivity contribution < 1.29 is 0 Å². The summed E-state index contributed by atoms with van der Waals surface area (Å²) in [6.45, 7) is 3.04. The molecule has 1 heterocycles. The van der Waals surface area contributed by atoms with Crippen LogP contribution in [0.5, 0.6) is 0 Å². The van der Waals surface area contributed by atoms with Crippen molar-refractivity contribution in [1.29, 1.82) is 0 Å². The number of hydrogen-bond donors (Lipinski definition) is 2. The first kappa shape index (κ1) is 13.9. The van der Waals surface area contributed by atoms with Crippen molar-refractivity contribution in [2.75, 3.05) is 39.7 Å². The molecule has 0 bridgehead atoms. The van der Waals surface area contributed by atoms with Gasteiger partial charge in [-0.15, -0.1) is 0 Å². The van der Waals surface area contributed by atoms with E-state index in [1.165, 1.54) is 0 Å². The number of hydrogen-bond acceptors (Lipinski definition) is 5. The fourth-order valence-corrected chi connectivity index (χ4v) is 1.72. The summed E-state index contributed by atoms with van der Waals surface area (Å²) in [6, 6.07) is 3.98. The number of nitrogens with one attached hydrogen (secondary N) is 1. The molecule has 0 aromatic carbocycles. The largest absolute Gasteiger partial charge is 0.309 e. The highest BCUT2D eigenvalue weighted by atomic mass is 15.3. The first-order valence-corrected chi connectivity index (χ1v) is 5.87. The molecule has 1 aromatic rings. The minimum atomic E-state index is 0.756. The minimum absolute atomic E-state index is 0.756. The minimum Gasteiger partial charge on any atom is -0.309 e. The Labute approximate surface area is 104 Å². The molecule has 0 saturated heterocycles. The summed E-state index contributed by atoms with van der Waals surface area (Å²) in [5.74, 6) is 6.18. The Balaban J connectivity index is 2.41. The topological polar surface area (TPSA) is 57.4 Å². The van der Waals surface area contributed by atoms with Crippen LogP contribution in [0.25, 0.3) is 0 Å². The van der Waals surface area contributed by atoms with E-state index >= 15 is 0 Å². The number of nitrogen functional groups attached to an aromatic ring is 1. The second-order valence-corrected chi connectivity index (χ2v) is 4.55. The second-order valence-electron chi connectivity index (χ2n) is 4.55. The van der Waals surface area contributed by atoms with Gasteiger partial charge in [-0.25, -0.2) is 10.8 Å². The van der Waals surface area contributed by atoms with Gasteiger partial charge < -0.3 is 15.2 Å². The standard InChI is InChI=1S/C12H23N5/c1-16(2)8-5-9-17(3)10-11-6-4-7-14-12(11)15-13/h4,6-7H,5,8-10,13H2,1-3H3,(H,14,15). The van der Waals surface area contributed by atoms with Gasteiger partial charge in [-0.3, -0.25) is 0 Å². The van der Waals surface area contributed by atoms with Crippen molar-refractivity contribution in [2.24, 2.45) is 5.84 Å². The fourth-order valence-electron chi connectivity index (χ4n) is 1.72. The van der Waals surface area contributed by atoms with Crippen LogP contribution in [0.1, 0.15) is 12.0 Å². The Morgan fingerprint density at radius 3 is 2.71 bits per heavy atom. The van der Waals surface area contributed by atoms with Crippen LogP contribution in [0.3, 0.4) is 0 Å². The van der Waals surface area contributed by atoms with Crippen LogP contribution < -0.4 is 11.3 Å². The quantitative estimate of drug-likeness (QED) is 0.541. The van der Waals surface area contributed by atoms with Crippen LogP contribution >= 0.6 is 0 Å². The maximum atomic E-state index is 5.43. The molecule has 0 fully saturated rings. The third-order valence-corrected chi connectivity index (χ3v) is 2.61. The monoisotopic (exact) mass is 237 g/mol. The van der Waals surface area contributed by atoms with Crippen LogP contribution in [-0.4, -0.2) is 49.0 Å². The molecule has 0 spiro atoms. The van der Waals surface area contributed by atoms with Gasteiger partial charge in [0.15, 0.2) is 0 Å². The lowest BCUT2D eigenvalue weighted by atomic mass is 10.2. The van der Waals surface area contributed by atoms with Gasteiger partial charge in [-0.05, 0) is 46.7 Å². The molecule has 0 amide bonds. The molecule has 0 aliphatic rings. The van der Waals surface area contributed by atoms with Gasteiger partial charge in [0.25, 0.3) is 0 Å². The molecule has 0 saturated carbocycles. The van der Waals surface area contributed by atoms with Gasteiger partial charge in [0.05, 0.1) is 0 Å². The van der Waals surface area contributed by atoms with E-state index in [1.807, 2.05) is 12.1 Å². The SMILES string of the molecule is CN(C)CCCN(C)Cc1cccnc1NN. The predicted octanol–water partition coefficient (Wildman–Crippen LogP) is 0.751. The summed E-state index contributed by atoms with van der Waals surface area (Å²) in [5, 5.41) is 0. The van der Waals surface area contributed by atoms with E-state index in [1.54, 1.807) is 6.20 Å². The molecule has 5 nitrogen and oxygen atoms in total. The molecule has 17 heavy (non-hydrogen) atoms. The molecule has 1 rings (SSSR count). The number of anilines is 1. The smallest absolute Gasteiger partial charge is 0.144 e. The van der Waals surface area contributed by atoms with Crippen LogP contribution in [0.15, 0.2) is 18.3 Å². The molecule has 3 N–H and O–H groups in total. The fraction of sp³-hybridized carbons (Fsp3) is 0.583. The lowest BCUT2D eigenvalue weighted by Crippen LogP contribution is -2.24. The number of aromatic nitrogens is 1. The number of nitrogens with two attached hydrogens (primary N) is 1. The molecular weight excluding hydrogens is 214 g/mol. The molecule has 96 valence electrons. The zero-order valence-electron chi connectivity index (χ0n) is 11.0. The molecule has 1 aromatic heterocycles. The molecule has 0 aliphatic carbocycles. The van der Waals surface area contributed by atoms with E-state index in [4.69, 9.17) is 5.84 Å². The Morgan fingerprint density at radius 1 is 1.29 bits per heavy atom. The molecule has 0 aliphatic heterocycles. The lowest BCUT2D eigenvalue weighted by Gasteiger charge is -2.19. The number of pyridine rings is 1. The average molecular weight is 237 g/mol. The second kappa shape index (κ2) is 7.21. The van der Waals surface area contributed by atoms with E-state index in [9.17, 15) is 0 Å². The van der Waals surface area contributed by atoms with Gasteiger partial charge >= 0.3 is 0 Å². The van der Waals surface area contributed by atoms with Crippen molar-refractivity contribution in [3.63, 3.8) is 0 Å².